The summed E-state index contributed by atoms with van der Waals surface area (Å²) in [5.74, 6) is 0.707. The van der Waals surface area contributed by atoms with Crippen molar-refractivity contribution in [1.29, 1.82) is 0 Å². The Balaban J connectivity index is 2.29. The monoisotopic (exact) mass is 276 g/mol. The molecule has 0 atom stereocenters. The van der Waals surface area contributed by atoms with Gasteiger partial charge >= 0.3 is 5.69 Å². The molecule has 3 aromatic rings. The van der Waals surface area contributed by atoms with Crippen LogP contribution in [0.3, 0.4) is 0 Å². The molecule has 2 heterocycles. The highest BCUT2D eigenvalue weighted by atomic mass is 35.5. The fraction of sp³-hybridized carbons (Fsp3) is 0.0833. The number of hydrogen-bond acceptors (Lipinski definition) is 4. The predicted molar refractivity (Wildman–Crippen MR) is 71.0 cm³/mol. The largest absolute Gasteiger partial charge is 0.497 e. The van der Waals surface area contributed by atoms with Crippen molar-refractivity contribution in [2.24, 2.45) is 0 Å². The molecule has 19 heavy (non-hydrogen) atoms. The summed E-state index contributed by atoms with van der Waals surface area (Å²) in [4.78, 5) is 22.5. The molecule has 7 heteroatoms. The molecule has 0 spiro atoms. The molecule has 1 N–H and O–H groups in total. The molecule has 1 aromatic carbocycles. The predicted octanol–water partition coefficient (Wildman–Crippen LogP) is 1.77. The molecule has 2 aromatic heterocycles. The van der Waals surface area contributed by atoms with Crippen LogP contribution in [-0.4, -0.2) is 26.6 Å². The minimum Gasteiger partial charge on any atom is -0.497 e. The van der Waals surface area contributed by atoms with Crippen LogP contribution in [0.15, 0.2) is 35.4 Å². The number of methoxy groups -OCH3 is 1. The van der Waals surface area contributed by atoms with Gasteiger partial charge in [-0.2, -0.15) is 0 Å². The van der Waals surface area contributed by atoms with Crippen LogP contribution in [0.1, 0.15) is 0 Å². The molecular weight excluding hydrogens is 268 g/mol. The van der Waals surface area contributed by atoms with Crippen LogP contribution < -0.4 is 10.4 Å². The summed E-state index contributed by atoms with van der Waals surface area (Å²) in [5.41, 5.74) is 1.21. The SMILES string of the molecule is COc1ccc(-n2c(=O)[nH]c3ncnc(Cl)c32)cc1. The van der Waals surface area contributed by atoms with Crippen LogP contribution in [-0.2, 0) is 0 Å². The number of ether oxygens (including phenoxy) is 1. The van der Waals surface area contributed by atoms with E-state index in [1.54, 1.807) is 31.4 Å². The Morgan fingerprint density at radius 3 is 2.68 bits per heavy atom. The molecule has 0 aliphatic carbocycles. The van der Waals surface area contributed by atoms with Crippen molar-refractivity contribution in [3.63, 3.8) is 0 Å². The first-order valence-electron chi connectivity index (χ1n) is 5.46. The minimum absolute atomic E-state index is 0.221. The summed E-state index contributed by atoms with van der Waals surface area (Å²) in [7, 11) is 1.58. The first-order chi connectivity index (χ1) is 9.20. The van der Waals surface area contributed by atoms with E-state index in [0.717, 1.165) is 0 Å². The molecule has 0 saturated carbocycles. The van der Waals surface area contributed by atoms with Gasteiger partial charge in [0.15, 0.2) is 10.8 Å². The van der Waals surface area contributed by atoms with Gasteiger partial charge in [-0.1, -0.05) is 11.6 Å². The quantitative estimate of drug-likeness (QED) is 0.724. The second-order valence-corrected chi connectivity index (χ2v) is 4.18. The minimum atomic E-state index is -0.317. The first kappa shape index (κ1) is 11.7. The zero-order chi connectivity index (χ0) is 13.4. The highest BCUT2D eigenvalue weighted by Crippen LogP contribution is 2.21. The Bertz CT molecular complexity index is 792. The van der Waals surface area contributed by atoms with Crippen LogP contribution >= 0.6 is 11.6 Å². The van der Waals surface area contributed by atoms with Gasteiger partial charge in [0.1, 0.15) is 17.6 Å². The third kappa shape index (κ3) is 1.86. The summed E-state index contributed by atoms with van der Waals surface area (Å²) >= 11 is 6.03. The van der Waals surface area contributed by atoms with E-state index < -0.39 is 0 Å². The maximum Gasteiger partial charge on any atom is 0.332 e. The number of nitrogens with one attached hydrogen (secondary N) is 1. The molecule has 0 aliphatic heterocycles. The maximum absolute atomic E-state index is 12.0. The van der Waals surface area contributed by atoms with Crippen LogP contribution in [0.2, 0.25) is 5.15 Å². The van der Waals surface area contributed by atoms with E-state index >= 15 is 0 Å². The fourth-order valence-electron chi connectivity index (χ4n) is 1.88. The molecule has 96 valence electrons. The number of rotatable bonds is 2. The molecule has 0 amide bonds. The normalized spacial score (nSPS) is 10.8. The van der Waals surface area contributed by atoms with E-state index in [0.29, 0.717) is 22.6 Å². The standard InChI is InChI=1S/C12H9ClN4O2/c1-19-8-4-2-7(3-5-8)17-9-10(13)14-6-15-11(9)16-12(17)18/h2-6H,1H3,(H,14,15,16,18). The lowest BCUT2D eigenvalue weighted by molar-refractivity contribution is 0.414. The summed E-state index contributed by atoms with van der Waals surface area (Å²) < 4.78 is 6.51. The van der Waals surface area contributed by atoms with Crippen molar-refractivity contribution in [2.45, 2.75) is 0 Å². The Kier molecular flexibility index (Phi) is 2.72. The molecule has 0 bridgehead atoms. The zero-order valence-corrected chi connectivity index (χ0v) is 10.7. The number of aromatic amines is 1. The Morgan fingerprint density at radius 2 is 2.00 bits per heavy atom. The average Bonchev–Trinajstić information content (AvgIpc) is 2.76. The molecule has 0 radical (unpaired) electrons. The van der Waals surface area contributed by atoms with Crippen LogP contribution in [0, 0.1) is 0 Å². The number of aromatic nitrogens is 4. The van der Waals surface area contributed by atoms with Gasteiger partial charge in [0.2, 0.25) is 0 Å². The second kappa shape index (κ2) is 4.40. The number of imidazole rings is 1. The highest BCUT2D eigenvalue weighted by molar-refractivity contribution is 6.33. The van der Waals surface area contributed by atoms with Crippen molar-refractivity contribution in [2.75, 3.05) is 7.11 Å². The molecular formula is C12H9ClN4O2. The number of hydrogen-bond donors (Lipinski definition) is 1. The van der Waals surface area contributed by atoms with Gasteiger partial charge in [-0.15, -0.1) is 0 Å². The number of halogens is 1. The number of benzene rings is 1. The molecule has 0 aliphatic rings. The van der Waals surface area contributed by atoms with E-state index in [9.17, 15) is 4.79 Å². The zero-order valence-electron chi connectivity index (χ0n) is 9.92. The van der Waals surface area contributed by atoms with E-state index in [4.69, 9.17) is 16.3 Å². The molecule has 6 nitrogen and oxygen atoms in total. The summed E-state index contributed by atoms with van der Waals surface area (Å²) in [5, 5.41) is 0.221. The Morgan fingerprint density at radius 1 is 1.26 bits per heavy atom. The van der Waals surface area contributed by atoms with E-state index in [2.05, 4.69) is 15.0 Å². The van der Waals surface area contributed by atoms with E-state index in [1.165, 1.54) is 10.9 Å². The van der Waals surface area contributed by atoms with Crippen molar-refractivity contribution < 1.29 is 4.74 Å². The number of H-pyrrole nitrogens is 1. The lowest BCUT2D eigenvalue weighted by Gasteiger charge is -2.05. The third-order valence-electron chi connectivity index (χ3n) is 2.76. The smallest absolute Gasteiger partial charge is 0.332 e. The van der Waals surface area contributed by atoms with Gasteiger partial charge in [-0.05, 0) is 24.3 Å². The lowest BCUT2D eigenvalue weighted by atomic mass is 10.3. The van der Waals surface area contributed by atoms with Gasteiger partial charge in [0.25, 0.3) is 0 Å². The van der Waals surface area contributed by atoms with Gasteiger partial charge in [0.05, 0.1) is 12.8 Å². The molecule has 3 rings (SSSR count). The molecule has 0 unspecified atom stereocenters. The highest BCUT2D eigenvalue weighted by Gasteiger charge is 2.13. The summed E-state index contributed by atoms with van der Waals surface area (Å²) in [6.07, 6.45) is 1.30. The van der Waals surface area contributed by atoms with Gasteiger partial charge < -0.3 is 4.74 Å². The van der Waals surface area contributed by atoms with Gasteiger partial charge in [-0.25, -0.2) is 14.8 Å². The number of fused-ring (bicyclic) bond motifs is 1. The Labute approximate surface area is 112 Å². The topological polar surface area (TPSA) is 72.8 Å². The van der Waals surface area contributed by atoms with Crippen molar-refractivity contribution in [3.05, 3.63) is 46.2 Å². The average molecular weight is 277 g/mol. The molecule has 0 saturated heterocycles. The Hall–Kier alpha value is -2.34. The van der Waals surface area contributed by atoms with Crippen LogP contribution in [0.4, 0.5) is 0 Å². The van der Waals surface area contributed by atoms with Crippen molar-refractivity contribution >= 4 is 22.8 Å². The van der Waals surface area contributed by atoms with E-state index in [1.807, 2.05) is 0 Å². The maximum atomic E-state index is 12.0. The van der Waals surface area contributed by atoms with Crippen LogP contribution in [0.25, 0.3) is 16.9 Å². The van der Waals surface area contributed by atoms with Crippen LogP contribution in [0.5, 0.6) is 5.75 Å². The van der Waals surface area contributed by atoms with E-state index in [-0.39, 0.29) is 10.8 Å². The van der Waals surface area contributed by atoms with Gasteiger partial charge in [0, 0.05) is 0 Å². The van der Waals surface area contributed by atoms with Gasteiger partial charge in [-0.3, -0.25) is 9.55 Å². The number of nitrogens with zero attached hydrogens (tertiary/aromatic N) is 3. The first-order valence-corrected chi connectivity index (χ1v) is 5.84. The summed E-state index contributed by atoms with van der Waals surface area (Å²) in [6, 6.07) is 7.05. The van der Waals surface area contributed by atoms with Crippen molar-refractivity contribution in [1.82, 2.24) is 19.5 Å². The lowest BCUT2D eigenvalue weighted by Crippen LogP contribution is -2.14. The second-order valence-electron chi connectivity index (χ2n) is 3.83. The molecule has 0 fully saturated rings. The fourth-order valence-corrected chi connectivity index (χ4v) is 2.10. The third-order valence-corrected chi connectivity index (χ3v) is 3.04. The summed E-state index contributed by atoms with van der Waals surface area (Å²) in [6.45, 7) is 0. The van der Waals surface area contributed by atoms with Crippen molar-refractivity contribution in [3.8, 4) is 11.4 Å².